The van der Waals surface area contributed by atoms with Gasteiger partial charge in [-0.05, 0) is 20.8 Å². The number of nitrogens with zero attached hydrogens (tertiary/aromatic N) is 1. The molecule has 18 heavy (non-hydrogen) atoms. The number of alkyl halides is 1. The number of piperidine rings is 1. The molecule has 0 aliphatic carbocycles. The molecule has 1 saturated heterocycles. The molecule has 1 aliphatic rings. The van der Waals surface area contributed by atoms with Crippen molar-refractivity contribution in [3.05, 3.63) is 0 Å². The Hall–Kier alpha value is -1.17. The number of aliphatic hydroxyl groups is 1. The number of carbonyl (C=O) groups is 2. The first kappa shape index (κ1) is 14.9. The number of Topliss-reactive ketones (excluding diaryl/α,β-unsaturated/α-hetero) is 1. The Morgan fingerprint density at radius 3 is 2.44 bits per heavy atom. The molecular weight excluding hydrogens is 241 g/mol. The van der Waals surface area contributed by atoms with Gasteiger partial charge in [-0.3, -0.25) is 9.69 Å². The summed E-state index contributed by atoms with van der Waals surface area (Å²) in [6.45, 7) is 3.93. The second-order valence-electron chi connectivity index (χ2n) is 5.48. The van der Waals surface area contributed by atoms with Crippen LogP contribution in [-0.2, 0) is 9.53 Å². The Bertz CT molecular complexity index is 311. The van der Waals surface area contributed by atoms with Crippen molar-refractivity contribution in [2.45, 2.75) is 51.3 Å². The largest absolute Gasteiger partial charge is 0.444 e. The molecule has 2 atom stereocenters. The van der Waals surface area contributed by atoms with E-state index in [0.29, 0.717) is 0 Å². The van der Waals surface area contributed by atoms with Gasteiger partial charge in [0, 0.05) is 12.8 Å². The Labute approximate surface area is 106 Å². The van der Waals surface area contributed by atoms with Crippen LogP contribution < -0.4 is 0 Å². The van der Waals surface area contributed by atoms with Gasteiger partial charge in [-0.2, -0.15) is 0 Å². The van der Waals surface area contributed by atoms with E-state index >= 15 is 0 Å². The van der Waals surface area contributed by atoms with Crippen LogP contribution in [-0.4, -0.2) is 52.8 Å². The predicted octanol–water partition coefficient (Wildman–Crippen LogP) is 1.29. The second kappa shape index (κ2) is 5.65. The summed E-state index contributed by atoms with van der Waals surface area (Å²) in [4.78, 5) is 24.5. The van der Waals surface area contributed by atoms with Crippen LogP contribution >= 0.6 is 0 Å². The summed E-state index contributed by atoms with van der Waals surface area (Å²) in [6, 6.07) is -1.53. The minimum Gasteiger partial charge on any atom is -0.444 e. The second-order valence-corrected chi connectivity index (χ2v) is 5.48. The van der Waals surface area contributed by atoms with Gasteiger partial charge in [0.15, 0.2) is 0 Å². The summed E-state index contributed by atoms with van der Waals surface area (Å²) in [6.07, 6.45) is -0.657. The fourth-order valence-corrected chi connectivity index (χ4v) is 2.00. The van der Waals surface area contributed by atoms with Gasteiger partial charge in [-0.1, -0.05) is 0 Å². The molecule has 0 saturated carbocycles. The van der Waals surface area contributed by atoms with Crippen LogP contribution in [0.1, 0.15) is 33.6 Å². The summed E-state index contributed by atoms with van der Waals surface area (Å²) in [5, 5.41) is 9.22. The zero-order valence-electron chi connectivity index (χ0n) is 11.0. The molecule has 0 radical (unpaired) electrons. The standard InChI is InChI=1S/C12H20FNO4/c1-12(2,3)18-11(17)14-8(6-13)4-10(16)5-9(14)7-15/h8-9,15H,4-7H2,1-3H3/t8-,9+/m1/s1. The predicted molar refractivity (Wildman–Crippen MR) is 63.0 cm³/mol. The van der Waals surface area contributed by atoms with Crippen molar-refractivity contribution >= 4 is 11.9 Å². The quantitative estimate of drug-likeness (QED) is 0.813. The van der Waals surface area contributed by atoms with Crippen molar-refractivity contribution in [2.75, 3.05) is 13.3 Å². The molecule has 0 aromatic heterocycles. The maximum Gasteiger partial charge on any atom is 0.410 e. The lowest BCUT2D eigenvalue weighted by Crippen LogP contribution is -2.56. The molecule has 6 heteroatoms. The monoisotopic (exact) mass is 261 g/mol. The number of ether oxygens (including phenoxy) is 1. The van der Waals surface area contributed by atoms with Gasteiger partial charge in [0.2, 0.25) is 0 Å². The lowest BCUT2D eigenvalue weighted by atomic mass is 9.96. The highest BCUT2D eigenvalue weighted by molar-refractivity contribution is 5.83. The number of hydrogen-bond donors (Lipinski definition) is 1. The molecule has 0 aromatic rings. The van der Waals surface area contributed by atoms with Crippen molar-refractivity contribution in [1.29, 1.82) is 0 Å². The van der Waals surface area contributed by atoms with Crippen molar-refractivity contribution in [3.8, 4) is 0 Å². The summed E-state index contributed by atoms with van der Waals surface area (Å²) in [5.41, 5.74) is -0.695. The first-order chi connectivity index (χ1) is 8.28. The van der Waals surface area contributed by atoms with E-state index in [1.807, 2.05) is 0 Å². The van der Waals surface area contributed by atoms with Gasteiger partial charge in [-0.25, -0.2) is 9.18 Å². The van der Waals surface area contributed by atoms with Crippen molar-refractivity contribution in [1.82, 2.24) is 4.90 Å². The molecule has 1 aliphatic heterocycles. The zero-order chi connectivity index (χ0) is 13.9. The molecule has 1 N–H and O–H groups in total. The molecule has 0 aromatic carbocycles. The van der Waals surface area contributed by atoms with Crippen LogP contribution in [0.15, 0.2) is 0 Å². The van der Waals surface area contributed by atoms with E-state index < -0.39 is 30.5 Å². The SMILES string of the molecule is CC(C)(C)OC(=O)N1[C@H](CO)CC(=O)C[C@@H]1CF. The summed E-state index contributed by atoms with van der Waals surface area (Å²) in [5.74, 6) is -0.142. The molecule has 0 unspecified atom stereocenters. The molecule has 1 amide bonds. The van der Waals surface area contributed by atoms with E-state index in [4.69, 9.17) is 4.74 Å². The number of rotatable bonds is 2. The number of carbonyl (C=O) groups excluding carboxylic acids is 2. The van der Waals surface area contributed by atoms with Crippen LogP contribution in [0.3, 0.4) is 0 Å². The van der Waals surface area contributed by atoms with E-state index in [2.05, 4.69) is 0 Å². The zero-order valence-corrected chi connectivity index (χ0v) is 11.0. The van der Waals surface area contributed by atoms with Crippen molar-refractivity contribution in [2.24, 2.45) is 0 Å². The lowest BCUT2D eigenvalue weighted by molar-refractivity contribution is -0.126. The Morgan fingerprint density at radius 1 is 1.44 bits per heavy atom. The van der Waals surface area contributed by atoms with Crippen LogP contribution in [0, 0.1) is 0 Å². The Balaban J connectivity index is 2.86. The maximum absolute atomic E-state index is 12.9. The van der Waals surface area contributed by atoms with Crippen LogP contribution in [0.2, 0.25) is 0 Å². The highest BCUT2D eigenvalue weighted by atomic mass is 19.1. The maximum atomic E-state index is 12.9. The average molecular weight is 261 g/mol. The third kappa shape index (κ3) is 3.66. The Morgan fingerprint density at radius 2 is 2.00 bits per heavy atom. The van der Waals surface area contributed by atoms with E-state index in [9.17, 15) is 19.1 Å². The summed E-state index contributed by atoms with van der Waals surface area (Å²) >= 11 is 0. The molecule has 0 spiro atoms. The molecule has 1 heterocycles. The van der Waals surface area contributed by atoms with Crippen molar-refractivity contribution < 1.29 is 23.8 Å². The van der Waals surface area contributed by atoms with E-state index in [-0.39, 0.29) is 25.2 Å². The van der Waals surface area contributed by atoms with Crippen LogP contribution in [0.5, 0.6) is 0 Å². The van der Waals surface area contributed by atoms with Gasteiger partial charge in [0.05, 0.1) is 18.7 Å². The number of halogens is 1. The van der Waals surface area contributed by atoms with Gasteiger partial charge >= 0.3 is 6.09 Å². The minimum absolute atomic E-state index is 0.0216. The third-order valence-electron chi connectivity index (χ3n) is 2.71. The van der Waals surface area contributed by atoms with Crippen LogP contribution in [0.25, 0.3) is 0 Å². The number of ketones is 1. The molecule has 0 bridgehead atoms. The summed E-state index contributed by atoms with van der Waals surface area (Å²) < 4.78 is 18.1. The molecule has 1 fully saturated rings. The fraction of sp³-hybridized carbons (Fsp3) is 0.833. The van der Waals surface area contributed by atoms with E-state index in [1.165, 1.54) is 0 Å². The van der Waals surface area contributed by atoms with Gasteiger partial charge in [0.1, 0.15) is 18.1 Å². The number of likely N-dealkylation sites (tertiary alicyclic amines) is 1. The fourth-order valence-electron chi connectivity index (χ4n) is 2.00. The number of hydrogen-bond acceptors (Lipinski definition) is 4. The summed E-state index contributed by atoms with van der Waals surface area (Å²) in [7, 11) is 0. The number of aliphatic hydroxyl groups excluding tert-OH is 1. The molecule has 104 valence electrons. The van der Waals surface area contributed by atoms with Gasteiger partial charge in [-0.15, -0.1) is 0 Å². The first-order valence-corrected chi connectivity index (χ1v) is 5.98. The average Bonchev–Trinajstić information content (AvgIpc) is 2.24. The minimum atomic E-state index is -0.835. The molecular formula is C12H20FNO4. The molecule has 1 rings (SSSR count). The van der Waals surface area contributed by atoms with Gasteiger partial charge in [0.25, 0.3) is 0 Å². The highest BCUT2D eigenvalue weighted by Gasteiger charge is 2.39. The smallest absolute Gasteiger partial charge is 0.410 e. The number of amides is 1. The Kier molecular flexibility index (Phi) is 4.67. The lowest BCUT2D eigenvalue weighted by Gasteiger charge is -2.40. The van der Waals surface area contributed by atoms with Gasteiger partial charge < -0.3 is 9.84 Å². The normalized spacial score (nSPS) is 25.2. The van der Waals surface area contributed by atoms with E-state index in [1.54, 1.807) is 20.8 Å². The first-order valence-electron chi connectivity index (χ1n) is 5.98. The molecule has 5 nitrogen and oxygen atoms in total. The van der Waals surface area contributed by atoms with Crippen molar-refractivity contribution in [3.63, 3.8) is 0 Å². The van der Waals surface area contributed by atoms with E-state index in [0.717, 1.165) is 4.90 Å². The topological polar surface area (TPSA) is 66.8 Å². The van der Waals surface area contributed by atoms with Crippen LogP contribution in [0.4, 0.5) is 9.18 Å². The highest BCUT2D eigenvalue weighted by Crippen LogP contribution is 2.23. The third-order valence-corrected chi connectivity index (χ3v) is 2.71.